The third-order valence-electron chi connectivity index (χ3n) is 2.54. The van der Waals surface area contributed by atoms with Gasteiger partial charge in [0.1, 0.15) is 5.60 Å². The Bertz CT molecular complexity index is 279. The average Bonchev–Trinajstić information content (AvgIpc) is 2.05. The van der Waals surface area contributed by atoms with Gasteiger partial charge in [0.15, 0.2) is 0 Å². The van der Waals surface area contributed by atoms with Crippen LogP contribution in [0.15, 0.2) is 0 Å². The summed E-state index contributed by atoms with van der Waals surface area (Å²) in [6.45, 7) is 7.29. The van der Waals surface area contributed by atoms with Gasteiger partial charge in [-0.05, 0) is 39.5 Å². The Kier molecular flexibility index (Phi) is 4.23. The Labute approximate surface area is 98.1 Å². The Balaban J connectivity index is 2.16. The predicted molar refractivity (Wildman–Crippen MR) is 64.0 cm³/mol. The quantitative estimate of drug-likeness (QED) is 0.544. The molecule has 0 aromatic rings. The summed E-state index contributed by atoms with van der Waals surface area (Å²) in [7, 11) is 0. The number of terminal acetylenes is 1. The minimum atomic E-state index is -0.397. The Morgan fingerprint density at radius 3 is 2.62 bits per heavy atom. The minimum Gasteiger partial charge on any atom is -0.444 e. The molecule has 1 fully saturated rings. The van der Waals surface area contributed by atoms with Crippen molar-refractivity contribution in [3.8, 4) is 12.3 Å². The number of hydrogen-bond acceptors (Lipinski definition) is 2. The number of nitrogens with zero attached hydrogens (tertiary/aromatic N) is 1. The zero-order valence-electron chi connectivity index (χ0n) is 10.5. The van der Waals surface area contributed by atoms with Crippen LogP contribution in [0.4, 0.5) is 4.79 Å². The van der Waals surface area contributed by atoms with E-state index >= 15 is 0 Å². The third kappa shape index (κ3) is 4.14. The maximum absolute atomic E-state index is 11.6. The molecule has 3 nitrogen and oxygen atoms in total. The molecule has 0 saturated carbocycles. The molecule has 90 valence electrons. The highest BCUT2D eigenvalue weighted by Gasteiger charge is 2.32. The summed E-state index contributed by atoms with van der Waals surface area (Å²) in [5.74, 6) is 3.24. The van der Waals surface area contributed by atoms with Gasteiger partial charge in [-0.15, -0.1) is 12.3 Å². The van der Waals surface area contributed by atoms with Gasteiger partial charge in [-0.25, -0.2) is 4.79 Å². The number of amides is 1. The zero-order valence-corrected chi connectivity index (χ0v) is 10.5. The third-order valence-corrected chi connectivity index (χ3v) is 2.54. The lowest BCUT2D eigenvalue weighted by molar-refractivity contribution is -0.00229. The lowest BCUT2D eigenvalue weighted by atomic mass is 9.94. The number of hydrogen-bond donors (Lipinski definition) is 0. The number of unbranched alkanes of at least 4 members (excludes halogenated alkanes) is 1. The topological polar surface area (TPSA) is 29.5 Å². The van der Waals surface area contributed by atoms with Gasteiger partial charge in [-0.2, -0.15) is 0 Å². The Morgan fingerprint density at radius 2 is 2.12 bits per heavy atom. The average molecular weight is 223 g/mol. The second-order valence-electron chi connectivity index (χ2n) is 5.35. The van der Waals surface area contributed by atoms with E-state index in [9.17, 15) is 4.79 Å². The van der Waals surface area contributed by atoms with E-state index in [1.807, 2.05) is 20.8 Å². The molecular formula is C13H21NO2. The van der Waals surface area contributed by atoms with Crippen LogP contribution in [0.25, 0.3) is 0 Å². The monoisotopic (exact) mass is 223 g/mol. The summed E-state index contributed by atoms with van der Waals surface area (Å²) < 4.78 is 5.27. The van der Waals surface area contributed by atoms with Crippen LogP contribution in [0, 0.1) is 18.3 Å². The summed E-state index contributed by atoms with van der Waals surface area (Å²) in [5, 5.41) is 0. The molecule has 1 heterocycles. The van der Waals surface area contributed by atoms with Crippen molar-refractivity contribution in [3.05, 3.63) is 0 Å². The molecule has 1 amide bonds. The number of ether oxygens (including phenoxy) is 1. The first-order chi connectivity index (χ1) is 7.42. The van der Waals surface area contributed by atoms with Crippen molar-refractivity contribution >= 4 is 6.09 Å². The minimum absolute atomic E-state index is 0.194. The molecule has 1 aliphatic heterocycles. The first kappa shape index (κ1) is 12.9. The van der Waals surface area contributed by atoms with Gasteiger partial charge in [-0.1, -0.05) is 0 Å². The van der Waals surface area contributed by atoms with Crippen LogP contribution >= 0.6 is 0 Å². The highest BCUT2D eigenvalue weighted by atomic mass is 16.6. The van der Waals surface area contributed by atoms with E-state index in [4.69, 9.17) is 11.2 Å². The van der Waals surface area contributed by atoms with Crippen molar-refractivity contribution in [2.24, 2.45) is 5.92 Å². The highest BCUT2D eigenvalue weighted by molar-refractivity contribution is 5.69. The van der Waals surface area contributed by atoms with Gasteiger partial charge in [0.25, 0.3) is 0 Å². The maximum Gasteiger partial charge on any atom is 0.410 e. The number of carbonyl (C=O) groups excluding carboxylic acids is 1. The van der Waals surface area contributed by atoms with Gasteiger partial charge in [0, 0.05) is 19.5 Å². The molecule has 0 radical (unpaired) electrons. The van der Waals surface area contributed by atoms with E-state index in [1.165, 1.54) is 0 Å². The van der Waals surface area contributed by atoms with E-state index < -0.39 is 5.60 Å². The fraction of sp³-hybridized carbons (Fsp3) is 0.769. The van der Waals surface area contributed by atoms with Crippen LogP contribution in [0.3, 0.4) is 0 Å². The molecule has 1 rings (SSSR count). The van der Waals surface area contributed by atoms with E-state index in [2.05, 4.69) is 5.92 Å². The van der Waals surface area contributed by atoms with Gasteiger partial charge < -0.3 is 9.64 Å². The molecule has 0 aromatic carbocycles. The number of rotatable bonds is 3. The van der Waals surface area contributed by atoms with Crippen molar-refractivity contribution in [3.63, 3.8) is 0 Å². The summed E-state index contributed by atoms with van der Waals surface area (Å²) in [5.41, 5.74) is -0.397. The van der Waals surface area contributed by atoms with Gasteiger partial charge >= 0.3 is 6.09 Å². The van der Waals surface area contributed by atoms with Crippen molar-refractivity contribution < 1.29 is 9.53 Å². The van der Waals surface area contributed by atoms with Crippen molar-refractivity contribution in [2.75, 3.05) is 13.1 Å². The first-order valence-electron chi connectivity index (χ1n) is 5.84. The van der Waals surface area contributed by atoms with Gasteiger partial charge in [-0.3, -0.25) is 0 Å². The SMILES string of the molecule is C#CCCCC1CN(C(=O)OC(C)(C)C)C1. The maximum atomic E-state index is 11.6. The summed E-state index contributed by atoms with van der Waals surface area (Å²) in [4.78, 5) is 13.3. The van der Waals surface area contributed by atoms with Crippen molar-refractivity contribution in [1.82, 2.24) is 4.90 Å². The van der Waals surface area contributed by atoms with Gasteiger partial charge in [0.05, 0.1) is 0 Å². The smallest absolute Gasteiger partial charge is 0.410 e. The summed E-state index contributed by atoms with van der Waals surface area (Å²) in [6.07, 6.45) is 8.00. The van der Waals surface area contributed by atoms with Crippen LogP contribution in [-0.2, 0) is 4.74 Å². The molecule has 1 saturated heterocycles. The Morgan fingerprint density at radius 1 is 1.50 bits per heavy atom. The standard InChI is InChI=1S/C13H21NO2/c1-5-6-7-8-11-9-14(10-11)12(15)16-13(2,3)4/h1,11H,6-10H2,2-4H3. The van der Waals surface area contributed by atoms with E-state index in [0.717, 1.165) is 32.4 Å². The highest BCUT2D eigenvalue weighted by Crippen LogP contribution is 2.23. The van der Waals surface area contributed by atoms with Crippen LogP contribution in [0.1, 0.15) is 40.0 Å². The molecule has 0 unspecified atom stereocenters. The second-order valence-corrected chi connectivity index (χ2v) is 5.35. The fourth-order valence-corrected chi connectivity index (χ4v) is 1.72. The van der Waals surface area contributed by atoms with Crippen LogP contribution in [0.5, 0.6) is 0 Å². The number of likely N-dealkylation sites (tertiary alicyclic amines) is 1. The fourth-order valence-electron chi connectivity index (χ4n) is 1.72. The number of carbonyl (C=O) groups is 1. The molecule has 0 aromatic heterocycles. The Hall–Kier alpha value is -1.17. The van der Waals surface area contributed by atoms with Gasteiger partial charge in [0.2, 0.25) is 0 Å². The lowest BCUT2D eigenvalue weighted by Crippen LogP contribution is -2.51. The lowest BCUT2D eigenvalue weighted by Gasteiger charge is -2.39. The normalized spacial score (nSPS) is 16.5. The van der Waals surface area contributed by atoms with Crippen molar-refractivity contribution in [2.45, 2.75) is 45.6 Å². The first-order valence-corrected chi connectivity index (χ1v) is 5.84. The second kappa shape index (κ2) is 5.25. The molecule has 0 bridgehead atoms. The molecule has 0 aliphatic carbocycles. The van der Waals surface area contributed by atoms with E-state index in [-0.39, 0.29) is 6.09 Å². The molecular weight excluding hydrogens is 202 g/mol. The van der Waals surface area contributed by atoms with Crippen LogP contribution < -0.4 is 0 Å². The van der Waals surface area contributed by atoms with E-state index in [0.29, 0.717) is 5.92 Å². The molecule has 0 N–H and O–H groups in total. The molecule has 0 spiro atoms. The largest absolute Gasteiger partial charge is 0.444 e. The van der Waals surface area contributed by atoms with E-state index in [1.54, 1.807) is 4.90 Å². The predicted octanol–water partition coefficient (Wildman–Crippen LogP) is 2.66. The summed E-state index contributed by atoms with van der Waals surface area (Å²) in [6, 6.07) is 0. The zero-order chi connectivity index (χ0) is 12.2. The molecule has 16 heavy (non-hydrogen) atoms. The summed E-state index contributed by atoms with van der Waals surface area (Å²) >= 11 is 0. The molecule has 0 atom stereocenters. The van der Waals surface area contributed by atoms with Crippen LogP contribution in [-0.4, -0.2) is 29.7 Å². The van der Waals surface area contributed by atoms with Crippen molar-refractivity contribution in [1.29, 1.82) is 0 Å². The molecule has 3 heteroatoms. The molecule has 1 aliphatic rings. The van der Waals surface area contributed by atoms with Crippen LogP contribution in [0.2, 0.25) is 0 Å².